The van der Waals surface area contributed by atoms with Crippen molar-refractivity contribution in [2.24, 2.45) is 69.3 Å². The van der Waals surface area contributed by atoms with Gasteiger partial charge < -0.3 is 35.8 Å². The minimum Gasteiger partial charge on any atom is -0.393 e. The first kappa shape index (κ1) is 35.8. The number of carbonyl (C=O) groups excluding carboxylic acids is 1. The monoisotopic (exact) mass is 709 g/mol. The fraction of sp³-hybridized carbons (Fsp3) is 0.930. The van der Waals surface area contributed by atoms with Crippen molar-refractivity contribution in [1.82, 2.24) is 5.32 Å². The zero-order valence-corrected chi connectivity index (χ0v) is 32.4. The van der Waals surface area contributed by atoms with Gasteiger partial charge in [0.2, 0.25) is 0 Å². The van der Waals surface area contributed by atoms with Crippen LogP contribution < -0.4 is 11.1 Å². The molecule has 6 aliphatic carbocycles. The number of aliphatic hydroxyl groups is 3. The van der Waals surface area contributed by atoms with Gasteiger partial charge in [0.15, 0.2) is 5.78 Å². The van der Waals surface area contributed by atoms with Gasteiger partial charge in [0.1, 0.15) is 17.8 Å². The third-order valence-electron chi connectivity index (χ3n) is 18.4. The summed E-state index contributed by atoms with van der Waals surface area (Å²) in [6, 6.07) is 0. The molecule has 17 atom stereocenters. The average Bonchev–Trinajstić information content (AvgIpc) is 3.85. The molecular formula is C43H68N2O6. The Labute approximate surface area is 306 Å². The highest BCUT2D eigenvalue weighted by atomic mass is 16.6. The van der Waals surface area contributed by atoms with E-state index in [1.807, 2.05) is 6.92 Å². The highest BCUT2D eigenvalue weighted by Gasteiger charge is 2.79. The number of ether oxygens (including phenoxy) is 2. The molecule has 2 unspecified atom stereocenters. The van der Waals surface area contributed by atoms with Gasteiger partial charge in [-0.1, -0.05) is 34.6 Å². The molecule has 0 aromatic carbocycles. The first-order valence-electron chi connectivity index (χ1n) is 21.2. The zero-order chi connectivity index (χ0) is 36.1. The number of carbonyl (C=O) groups is 1. The first-order chi connectivity index (χ1) is 24.0. The SMILES string of the molecule is C[C@@H]1CCO[C@@]([C@@H]2O[C@@H]2[C@](C)(O)C(C)(C)CCC2CCNC(N)C2)([C@@H]2C[C@H]3CCC4=C5[C@@H]6[C@@H](CC[C@@H]7C[C@H](O)C[C@@H](C4=O)[C@@]76C)C[C@@]2(C)[C@]53O)C1. The van der Waals surface area contributed by atoms with Crippen LogP contribution in [0.5, 0.6) is 0 Å². The average molecular weight is 709 g/mol. The molecule has 3 heterocycles. The number of nitrogens with one attached hydrogen (secondary N) is 1. The Morgan fingerprint density at radius 2 is 1.78 bits per heavy atom. The predicted octanol–water partition coefficient (Wildman–Crippen LogP) is 5.65. The van der Waals surface area contributed by atoms with Crippen LogP contribution in [-0.2, 0) is 14.3 Å². The summed E-state index contributed by atoms with van der Waals surface area (Å²) in [5.74, 6) is 2.21. The molecule has 7 fully saturated rings. The zero-order valence-electron chi connectivity index (χ0n) is 32.4. The van der Waals surface area contributed by atoms with Crippen molar-refractivity contribution in [2.45, 2.75) is 173 Å². The standard InChI is InChI=1S/C43H68N2O6/c1-23-13-16-50-42(21-23,37-36(51-37)41(6,48)38(2,3)14-11-24-12-15-45-32(44)17-24)31-19-27-9-10-29-34-33-25(22-39(31,4)43(27,34)49)7-8-26-18-28(46)20-30(35(29)47)40(26,33)5/h23-28,30-33,36-37,45-46,48-49H,7-22,44H2,1-6H3/t23-,24?,25+,26-,27-,28+,30+,31-,32?,33+,36+,37-,39-,40-,41+,42-,43-/m1/s1. The van der Waals surface area contributed by atoms with E-state index >= 15 is 0 Å². The maximum Gasteiger partial charge on any atom is 0.162 e. The molecule has 8 heteroatoms. The van der Waals surface area contributed by atoms with Gasteiger partial charge in [-0.25, -0.2) is 0 Å². The number of nitrogens with two attached hydrogens (primary N) is 1. The summed E-state index contributed by atoms with van der Waals surface area (Å²) >= 11 is 0. The summed E-state index contributed by atoms with van der Waals surface area (Å²) in [6.07, 6.45) is 11.9. The van der Waals surface area contributed by atoms with Gasteiger partial charge in [-0.15, -0.1) is 0 Å². The van der Waals surface area contributed by atoms with Crippen LogP contribution in [0.25, 0.3) is 0 Å². The summed E-state index contributed by atoms with van der Waals surface area (Å²) < 4.78 is 14.0. The van der Waals surface area contributed by atoms with Gasteiger partial charge >= 0.3 is 0 Å². The Hall–Kier alpha value is -0.870. The summed E-state index contributed by atoms with van der Waals surface area (Å²) in [5, 5.41) is 40.5. The lowest BCUT2D eigenvalue weighted by molar-refractivity contribution is -0.216. The van der Waals surface area contributed by atoms with Crippen molar-refractivity contribution in [2.75, 3.05) is 13.2 Å². The number of epoxide rings is 1. The fourth-order valence-corrected chi connectivity index (χ4v) is 15.3. The van der Waals surface area contributed by atoms with Crippen molar-refractivity contribution in [1.29, 1.82) is 0 Å². The number of hydrogen-bond acceptors (Lipinski definition) is 8. The molecule has 0 amide bonds. The molecule has 0 bridgehead atoms. The molecule has 286 valence electrons. The highest BCUT2D eigenvalue weighted by Crippen LogP contribution is 2.78. The van der Waals surface area contributed by atoms with Crippen LogP contribution in [0.15, 0.2) is 11.1 Å². The molecule has 9 aliphatic rings. The molecule has 0 aromatic rings. The largest absolute Gasteiger partial charge is 0.393 e. The molecule has 9 rings (SSSR count). The Morgan fingerprint density at radius 3 is 2.53 bits per heavy atom. The fourth-order valence-electron chi connectivity index (χ4n) is 15.3. The smallest absolute Gasteiger partial charge is 0.162 e. The third-order valence-corrected chi connectivity index (χ3v) is 18.4. The molecular weight excluding hydrogens is 640 g/mol. The van der Waals surface area contributed by atoms with Crippen molar-refractivity contribution in [3.8, 4) is 0 Å². The van der Waals surface area contributed by atoms with E-state index in [2.05, 4.69) is 39.9 Å². The van der Waals surface area contributed by atoms with Crippen molar-refractivity contribution in [3.63, 3.8) is 0 Å². The summed E-state index contributed by atoms with van der Waals surface area (Å²) in [7, 11) is 0. The molecule has 6 N–H and O–H groups in total. The van der Waals surface area contributed by atoms with Crippen LogP contribution in [0.1, 0.15) is 131 Å². The van der Waals surface area contributed by atoms with E-state index in [-0.39, 0.29) is 58.7 Å². The molecule has 3 saturated heterocycles. The van der Waals surface area contributed by atoms with Gasteiger partial charge in [-0.2, -0.15) is 0 Å². The number of rotatable bonds is 7. The van der Waals surface area contributed by atoms with E-state index in [9.17, 15) is 20.1 Å². The minimum atomic E-state index is -1.05. The summed E-state index contributed by atoms with van der Waals surface area (Å²) in [4.78, 5) is 14.6. The Balaban J connectivity index is 1.07. The minimum absolute atomic E-state index is 0.0589. The third kappa shape index (κ3) is 4.72. The normalized spacial score (nSPS) is 54.5. The van der Waals surface area contributed by atoms with E-state index < -0.39 is 28.3 Å². The van der Waals surface area contributed by atoms with Gasteiger partial charge in [0, 0.05) is 17.9 Å². The second kappa shape index (κ2) is 11.6. The second-order valence-electron chi connectivity index (χ2n) is 21.1. The van der Waals surface area contributed by atoms with Crippen molar-refractivity contribution in [3.05, 3.63) is 11.1 Å². The van der Waals surface area contributed by atoms with E-state index in [0.29, 0.717) is 36.7 Å². The maximum absolute atomic E-state index is 14.6. The number of hydrogen-bond donors (Lipinski definition) is 5. The van der Waals surface area contributed by atoms with E-state index in [4.69, 9.17) is 15.2 Å². The van der Waals surface area contributed by atoms with E-state index in [1.54, 1.807) is 0 Å². The number of Topliss-reactive ketones (excluding diaryl/α,β-unsaturated/α-hetero) is 1. The van der Waals surface area contributed by atoms with Gasteiger partial charge in [0.05, 0.1) is 23.5 Å². The lowest BCUT2D eigenvalue weighted by Crippen LogP contribution is -2.69. The van der Waals surface area contributed by atoms with Crippen LogP contribution in [0.4, 0.5) is 0 Å². The van der Waals surface area contributed by atoms with E-state index in [1.165, 1.54) is 0 Å². The van der Waals surface area contributed by atoms with Crippen molar-refractivity contribution >= 4 is 5.78 Å². The van der Waals surface area contributed by atoms with Gasteiger partial charge in [0.25, 0.3) is 0 Å². The topological polar surface area (TPSA) is 138 Å². The Bertz CT molecular complexity index is 1480. The predicted molar refractivity (Wildman–Crippen MR) is 195 cm³/mol. The quantitative estimate of drug-likeness (QED) is 0.214. The lowest BCUT2D eigenvalue weighted by atomic mass is 9.36. The number of ketones is 1. The number of aliphatic hydroxyl groups excluding tert-OH is 1. The number of piperidine rings is 1. The Kier molecular flexibility index (Phi) is 8.13. The Morgan fingerprint density at radius 1 is 1.00 bits per heavy atom. The second-order valence-corrected chi connectivity index (χ2v) is 21.1. The van der Waals surface area contributed by atoms with Crippen LogP contribution in [0, 0.1) is 63.6 Å². The van der Waals surface area contributed by atoms with E-state index in [0.717, 1.165) is 101 Å². The van der Waals surface area contributed by atoms with Gasteiger partial charge in [-0.3, -0.25) is 4.79 Å². The molecule has 0 aromatic heterocycles. The van der Waals surface area contributed by atoms with Crippen molar-refractivity contribution < 1.29 is 29.6 Å². The van der Waals surface area contributed by atoms with Crippen LogP contribution in [0.2, 0.25) is 0 Å². The first-order valence-corrected chi connectivity index (χ1v) is 21.2. The molecule has 4 saturated carbocycles. The molecule has 3 aliphatic heterocycles. The van der Waals surface area contributed by atoms with Crippen LogP contribution >= 0.6 is 0 Å². The van der Waals surface area contributed by atoms with Crippen LogP contribution in [-0.4, -0.2) is 75.5 Å². The molecule has 51 heavy (non-hydrogen) atoms. The lowest BCUT2D eigenvalue weighted by Gasteiger charge is -2.69. The summed E-state index contributed by atoms with van der Waals surface area (Å²) in [6.45, 7) is 15.1. The van der Waals surface area contributed by atoms with Crippen LogP contribution in [0.3, 0.4) is 0 Å². The molecule has 0 radical (unpaired) electrons. The number of allylic oxidation sites excluding steroid dienone is 1. The highest BCUT2D eigenvalue weighted by molar-refractivity contribution is 6.00. The van der Waals surface area contributed by atoms with Gasteiger partial charge in [-0.05, 0) is 167 Å². The molecule has 0 spiro atoms. The molecule has 8 nitrogen and oxygen atoms in total. The maximum atomic E-state index is 14.6. The summed E-state index contributed by atoms with van der Waals surface area (Å²) in [5.41, 5.74) is 4.57.